The molecule has 0 saturated carbocycles. The molecule has 0 bridgehead atoms. The highest BCUT2D eigenvalue weighted by Gasteiger charge is 2.12. The van der Waals surface area contributed by atoms with Gasteiger partial charge in [-0.3, -0.25) is 9.59 Å². The molecule has 0 saturated heterocycles. The topological polar surface area (TPSA) is 77.8 Å². The molecule has 4 aromatic rings. The number of amides is 1. The molecule has 174 valence electrons. The summed E-state index contributed by atoms with van der Waals surface area (Å²) in [7, 11) is 0. The van der Waals surface area contributed by atoms with Crippen LogP contribution in [-0.4, -0.2) is 12.5 Å². The molecule has 0 unspecified atom stereocenters. The van der Waals surface area contributed by atoms with Gasteiger partial charge in [-0.25, -0.2) is 0 Å². The van der Waals surface area contributed by atoms with E-state index >= 15 is 0 Å². The number of benzene rings is 3. The summed E-state index contributed by atoms with van der Waals surface area (Å²) in [6.07, 6.45) is 4.54. The molecule has 0 aliphatic rings. The average molecular weight is 478 g/mol. The van der Waals surface area contributed by atoms with E-state index in [9.17, 15) is 9.59 Å². The Balaban J connectivity index is 1.38. The molecule has 6 nitrogen and oxygen atoms in total. The van der Waals surface area contributed by atoms with Gasteiger partial charge in [-0.1, -0.05) is 49.2 Å². The van der Waals surface area contributed by atoms with Crippen molar-refractivity contribution in [2.24, 2.45) is 0 Å². The first-order valence-electron chi connectivity index (χ1n) is 11.0. The van der Waals surface area contributed by atoms with Gasteiger partial charge in [0, 0.05) is 11.8 Å². The highest BCUT2D eigenvalue weighted by Crippen LogP contribution is 2.29. The number of carbonyl (C=O) groups is 1. The maximum atomic E-state index is 12.8. The van der Waals surface area contributed by atoms with Crippen LogP contribution in [0.4, 0.5) is 5.69 Å². The second kappa shape index (κ2) is 10.9. The van der Waals surface area contributed by atoms with Crippen LogP contribution < -0.4 is 20.2 Å². The number of halogens is 1. The molecule has 1 amide bonds. The van der Waals surface area contributed by atoms with Crippen molar-refractivity contribution < 1.29 is 18.7 Å². The number of rotatable bonds is 9. The van der Waals surface area contributed by atoms with E-state index in [4.69, 9.17) is 25.5 Å². The molecular weight excluding hydrogens is 454 g/mol. The Bertz CT molecular complexity index is 1350. The molecule has 34 heavy (non-hydrogen) atoms. The Labute approximate surface area is 202 Å². The number of anilines is 1. The fraction of sp³-hybridized carbons (Fsp3) is 0.185. The Morgan fingerprint density at radius 1 is 1.03 bits per heavy atom. The molecule has 0 aliphatic carbocycles. The summed E-state index contributed by atoms with van der Waals surface area (Å²) in [5.74, 6) is 0.499. The predicted molar refractivity (Wildman–Crippen MR) is 133 cm³/mol. The third kappa shape index (κ3) is 5.77. The van der Waals surface area contributed by atoms with Gasteiger partial charge in [0.05, 0.1) is 10.4 Å². The first-order valence-corrected chi connectivity index (χ1v) is 11.4. The van der Waals surface area contributed by atoms with Gasteiger partial charge in [-0.15, -0.1) is 0 Å². The Morgan fingerprint density at radius 3 is 2.59 bits per heavy atom. The quantitative estimate of drug-likeness (QED) is 0.294. The first kappa shape index (κ1) is 23.4. The van der Waals surface area contributed by atoms with Crippen LogP contribution in [-0.2, 0) is 11.2 Å². The molecule has 0 aliphatic heterocycles. The van der Waals surface area contributed by atoms with Gasteiger partial charge in [0.25, 0.3) is 5.91 Å². The molecule has 1 N–H and O–H groups in total. The second-order valence-corrected chi connectivity index (χ2v) is 8.16. The number of aryl methyl sites for hydroxylation is 1. The van der Waals surface area contributed by atoms with Crippen molar-refractivity contribution in [2.75, 3.05) is 11.9 Å². The number of nitrogens with one attached hydrogen (secondary N) is 1. The van der Waals surface area contributed by atoms with Crippen LogP contribution in [0, 0.1) is 0 Å². The number of unbranched alkanes of at least 4 members (excludes halogenated alkanes) is 1. The minimum atomic E-state index is -0.340. The van der Waals surface area contributed by atoms with E-state index in [1.165, 1.54) is 11.8 Å². The molecular formula is C27H24ClNO5. The summed E-state index contributed by atoms with van der Waals surface area (Å²) in [5, 5.41) is 3.52. The van der Waals surface area contributed by atoms with Crippen LogP contribution in [0.2, 0.25) is 5.02 Å². The summed E-state index contributed by atoms with van der Waals surface area (Å²) in [6, 6.07) is 19.4. The number of fused-ring (bicyclic) bond motifs is 1. The maximum Gasteiger partial charge on any atom is 0.262 e. The van der Waals surface area contributed by atoms with Crippen molar-refractivity contribution in [2.45, 2.75) is 26.2 Å². The Hall–Kier alpha value is -3.77. The van der Waals surface area contributed by atoms with Crippen LogP contribution >= 0.6 is 11.6 Å². The van der Waals surface area contributed by atoms with Gasteiger partial charge in [-0.2, -0.15) is 0 Å². The molecule has 4 rings (SSSR count). The Morgan fingerprint density at radius 2 is 1.82 bits per heavy atom. The number of carbonyl (C=O) groups excluding carboxylic acids is 1. The van der Waals surface area contributed by atoms with E-state index in [-0.39, 0.29) is 23.7 Å². The zero-order valence-electron chi connectivity index (χ0n) is 18.7. The number of ether oxygens (including phenoxy) is 2. The molecule has 0 atom stereocenters. The monoisotopic (exact) mass is 477 g/mol. The van der Waals surface area contributed by atoms with Crippen LogP contribution in [0.5, 0.6) is 17.2 Å². The zero-order valence-corrected chi connectivity index (χ0v) is 19.4. The van der Waals surface area contributed by atoms with E-state index < -0.39 is 0 Å². The van der Waals surface area contributed by atoms with Gasteiger partial charge in [0.15, 0.2) is 6.61 Å². The van der Waals surface area contributed by atoms with Crippen LogP contribution in [0.3, 0.4) is 0 Å². The highest BCUT2D eigenvalue weighted by atomic mass is 35.5. The molecule has 0 spiro atoms. The van der Waals surface area contributed by atoms with Crippen molar-refractivity contribution in [1.82, 2.24) is 0 Å². The smallest absolute Gasteiger partial charge is 0.262 e. The zero-order chi connectivity index (χ0) is 23.9. The standard InChI is InChI=1S/C27H24ClNO5/c1-2-3-6-18-9-11-19(12-10-18)29-26(30)17-32-20-13-14-21-24(15-20)33-16-25(27(21)31)34-23-8-5-4-7-22(23)28/h4-5,7-16H,2-3,6,17H2,1H3,(H,29,30). The van der Waals surface area contributed by atoms with Crippen LogP contribution in [0.1, 0.15) is 25.3 Å². The normalized spacial score (nSPS) is 10.8. The minimum absolute atomic E-state index is 0.0226. The van der Waals surface area contributed by atoms with Gasteiger partial charge < -0.3 is 19.2 Å². The van der Waals surface area contributed by atoms with E-state index in [0.29, 0.717) is 33.2 Å². The van der Waals surface area contributed by atoms with Crippen molar-refractivity contribution in [1.29, 1.82) is 0 Å². The van der Waals surface area contributed by atoms with Crippen LogP contribution in [0.25, 0.3) is 11.0 Å². The fourth-order valence-electron chi connectivity index (χ4n) is 3.38. The molecule has 3 aromatic carbocycles. The van der Waals surface area contributed by atoms with E-state index in [2.05, 4.69) is 12.2 Å². The lowest BCUT2D eigenvalue weighted by atomic mass is 10.1. The second-order valence-electron chi connectivity index (χ2n) is 7.76. The summed E-state index contributed by atoms with van der Waals surface area (Å²) >= 11 is 6.10. The van der Waals surface area contributed by atoms with Gasteiger partial charge in [-0.05, 0) is 54.8 Å². The third-order valence-corrected chi connectivity index (χ3v) is 5.51. The van der Waals surface area contributed by atoms with Crippen molar-refractivity contribution in [3.05, 3.63) is 93.8 Å². The van der Waals surface area contributed by atoms with Crippen LogP contribution in [0.15, 0.2) is 82.2 Å². The first-order chi connectivity index (χ1) is 16.5. The molecule has 0 fully saturated rings. The number of hydrogen-bond donors (Lipinski definition) is 1. The van der Waals surface area contributed by atoms with Gasteiger partial charge >= 0.3 is 0 Å². The maximum absolute atomic E-state index is 12.8. The Kier molecular flexibility index (Phi) is 7.50. The van der Waals surface area contributed by atoms with E-state index in [1.807, 2.05) is 24.3 Å². The molecule has 0 radical (unpaired) electrons. The third-order valence-electron chi connectivity index (χ3n) is 5.20. The molecule has 7 heteroatoms. The fourth-order valence-corrected chi connectivity index (χ4v) is 3.55. The number of para-hydroxylation sites is 1. The lowest BCUT2D eigenvalue weighted by Gasteiger charge is -2.10. The van der Waals surface area contributed by atoms with Crippen molar-refractivity contribution in [3.63, 3.8) is 0 Å². The van der Waals surface area contributed by atoms with Crippen molar-refractivity contribution in [3.8, 4) is 17.2 Å². The largest absolute Gasteiger partial charge is 0.484 e. The lowest BCUT2D eigenvalue weighted by Crippen LogP contribution is -2.20. The summed E-state index contributed by atoms with van der Waals surface area (Å²) in [4.78, 5) is 25.0. The van der Waals surface area contributed by atoms with E-state index in [0.717, 1.165) is 19.3 Å². The summed E-state index contributed by atoms with van der Waals surface area (Å²) in [6.45, 7) is 1.98. The predicted octanol–water partition coefficient (Wildman–Crippen LogP) is 6.60. The summed E-state index contributed by atoms with van der Waals surface area (Å²) < 4.78 is 16.8. The van der Waals surface area contributed by atoms with E-state index in [1.54, 1.807) is 42.5 Å². The van der Waals surface area contributed by atoms with Gasteiger partial charge in [0.2, 0.25) is 11.2 Å². The minimum Gasteiger partial charge on any atom is -0.484 e. The molecule has 1 heterocycles. The summed E-state index contributed by atoms with van der Waals surface area (Å²) in [5.41, 5.74) is 1.93. The van der Waals surface area contributed by atoms with Crippen molar-refractivity contribution >= 4 is 34.2 Å². The average Bonchev–Trinajstić information content (AvgIpc) is 2.85. The SMILES string of the molecule is CCCCc1ccc(NC(=O)COc2ccc3c(=O)c(Oc4ccccc4Cl)coc3c2)cc1. The lowest BCUT2D eigenvalue weighted by molar-refractivity contribution is -0.118. The molecule has 1 aromatic heterocycles. The highest BCUT2D eigenvalue weighted by molar-refractivity contribution is 6.32. The van der Waals surface area contributed by atoms with Gasteiger partial charge in [0.1, 0.15) is 23.3 Å². The number of hydrogen-bond acceptors (Lipinski definition) is 5.